The normalized spacial score (nSPS) is 15.9. The van der Waals surface area contributed by atoms with E-state index in [0.717, 1.165) is 6.42 Å². The van der Waals surface area contributed by atoms with Gasteiger partial charge in [-0.1, -0.05) is 13.8 Å². The minimum Gasteiger partial charge on any atom is -0.495 e. The Kier molecular flexibility index (Phi) is 6.09. The number of fused-ring (bicyclic) bond motifs is 1. The third-order valence-electron chi connectivity index (χ3n) is 5.18. The molecule has 1 amide bonds. The van der Waals surface area contributed by atoms with Gasteiger partial charge in [0.15, 0.2) is 5.82 Å². The Hall–Kier alpha value is -3.36. The van der Waals surface area contributed by atoms with Crippen molar-refractivity contribution >= 4 is 35.0 Å². The molecule has 2 N–H and O–H groups in total. The fraction of sp³-hybridized carbons (Fsp3) is 0.429. The molecular weight excluding hydrogens is 386 g/mol. The lowest BCUT2D eigenvalue weighted by Gasteiger charge is -2.39. The molecule has 0 spiro atoms. The number of anilines is 4. The number of carboxylic acid groups (broad SMARTS) is 1. The molecule has 2 heterocycles. The molecule has 0 radical (unpaired) electrons. The number of aromatic carboxylic acids is 1. The Balaban J connectivity index is 1.96. The lowest BCUT2D eigenvalue weighted by Crippen LogP contribution is -2.51. The summed E-state index contributed by atoms with van der Waals surface area (Å²) in [6.07, 6.45) is 2.55. The van der Waals surface area contributed by atoms with Crippen LogP contribution in [0.2, 0.25) is 0 Å². The highest BCUT2D eigenvalue weighted by Gasteiger charge is 2.35. The summed E-state index contributed by atoms with van der Waals surface area (Å²) in [6, 6.07) is 4.20. The number of carboxylic acids is 1. The molecule has 9 nitrogen and oxygen atoms in total. The first-order chi connectivity index (χ1) is 14.2. The van der Waals surface area contributed by atoms with Crippen LogP contribution < -0.4 is 19.9 Å². The maximum atomic E-state index is 12.6. The van der Waals surface area contributed by atoms with Crippen LogP contribution in [-0.2, 0) is 4.79 Å². The maximum Gasteiger partial charge on any atom is 0.335 e. The number of carbonyl (C=O) groups excluding carboxylic acids is 1. The maximum absolute atomic E-state index is 12.6. The van der Waals surface area contributed by atoms with Crippen molar-refractivity contribution in [1.82, 2.24) is 9.97 Å². The monoisotopic (exact) mass is 413 g/mol. The molecule has 1 atom stereocenters. The molecule has 9 heteroatoms. The van der Waals surface area contributed by atoms with E-state index in [-0.39, 0.29) is 17.5 Å². The van der Waals surface area contributed by atoms with Gasteiger partial charge in [-0.2, -0.15) is 4.98 Å². The molecule has 30 heavy (non-hydrogen) atoms. The smallest absolute Gasteiger partial charge is 0.335 e. The third-order valence-corrected chi connectivity index (χ3v) is 5.18. The van der Waals surface area contributed by atoms with Crippen LogP contribution in [0.15, 0.2) is 24.4 Å². The first kappa shape index (κ1) is 21.4. The average molecular weight is 413 g/mol. The summed E-state index contributed by atoms with van der Waals surface area (Å²) in [4.78, 5) is 36.4. The van der Waals surface area contributed by atoms with E-state index in [1.54, 1.807) is 24.2 Å². The molecule has 160 valence electrons. The summed E-state index contributed by atoms with van der Waals surface area (Å²) in [5.74, 6) is 0.845. The Labute approximate surface area is 175 Å². The number of ether oxygens (including phenoxy) is 1. The number of nitrogens with one attached hydrogen (secondary N) is 1. The highest BCUT2D eigenvalue weighted by Crippen LogP contribution is 2.35. The highest BCUT2D eigenvalue weighted by molar-refractivity contribution is 6.04. The van der Waals surface area contributed by atoms with Crippen molar-refractivity contribution < 1.29 is 19.4 Å². The Bertz CT molecular complexity index is 962. The largest absolute Gasteiger partial charge is 0.495 e. The van der Waals surface area contributed by atoms with Crippen molar-refractivity contribution in [2.75, 3.05) is 35.8 Å². The molecule has 0 aliphatic carbocycles. The third kappa shape index (κ3) is 4.14. The summed E-state index contributed by atoms with van der Waals surface area (Å²) >= 11 is 0. The Morgan fingerprint density at radius 3 is 2.73 bits per heavy atom. The molecule has 2 aromatic rings. The predicted molar refractivity (Wildman–Crippen MR) is 115 cm³/mol. The van der Waals surface area contributed by atoms with E-state index in [0.29, 0.717) is 41.4 Å². The summed E-state index contributed by atoms with van der Waals surface area (Å²) in [5.41, 5.74) is 1.32. The van der Waals surface area contributed by atoms with Gasteiger partial charge in [0.05, 0.1) is 24.6 Å². The van der Waals surface area contributed by atoms with Crippen LogP contribution in [-0.4, -0.2) is 53.7 Å². The van der Waals surface area contributed by atoms with Crippen molar-refractivity contribution in [2.45, 2.75) is 33.2 Å². The van der Waals surface area contributed by atoms with Gasteiger partial charge in [0.25, 0.3) is 0 Å². The van der Waals surface area contributed by atoms with Crippen molar-refractivity contribution in [3.63, 3.8) is 0 Å². The number of aromatic nitrogens is 2. The van der Waals surface area contributed by atoms with Crippen LogP contribution in [0.3, 0.4) is 0 Å². The summed E-state index contributed by atoms with van der Waals surface area (Å²) in [5, 5.41) is 12.3. The topological polar surface area (TPSA) is 108 Å². The van der Waals surface area contributed by atoms with E-state index >= 15 is 0 Å². The minimum absolute atomic E-state index is 0.00138. The van der Waals surface area contributed by atoms with Crippen LogP contribution in [0.1, 0.15) is 37.6 Å². The van der Waals surface area contributed by atoms with E-state index in [1.165, 1.54) is 19.2 Å². The van der Waals surface area contributed by atoms with Gasteiger partial charge in [-0.15, -0.1) is 0 Å². The quantitative estimate of drug-likeness (QED) is 0.713. The minimum atomic E-state index is -1.03. The number of methoxy groups -OCH3 is 1. The molecular formula is C21H27N5O4. The van der Waals surface area contributed by atoms with E-state index in [2.05, 4.69) is 29.1 Å². The molecule has 0 saturated carbocycles. The Morgan fingerprint density at radius 1 is 1.37 bits per heavy atom. The molecule has 1 aromatic carbocycles. The molecule has 1 aromatic heterocycles. The van der Waals surface area contributed by atoms with Crippen LogP contribution in [0, 0.1) is 5.92 Å². The van der Waals surface area contributed by atoms with Gasteiger partial charge >= 0.3 is 5.97 Å². The van der Waals surface area contributed by atoms with Gasteiger partial charge in [-0.25, -0.2) is 9.78 Å². The number of likely N-dealkylation sites (N-methyl/N-ethyl adjacent to an activating group) is 1. The van der Waals surface area contributed by atoms with E-state index in [9.17, 15) is 9.59 Å². The van der Waals surface area contributed by atoms with Crippen molar-refractivity contribution in [3.05, 3.63) is 30.0 Å². The van der Waals surface area contributed by atoms with E-state index in [4.69, 9.17) is 9.84 Å². The molecule has 0 saturated heterocycles. The molecule has 0 bridgehead atoms. The molecule has 3 rings (SSSR count). The number of carbonyl (C=O) groups is 2. The zero-order valence-electron chi connectivity index (χ0n) is 17.8. The van der Waals surface area contributed by atoms with E-state index < -0.39 is 5.97 Å². The van der Waals surface area contributed by atoms with Crippen LogP contribution >= 0.6 is 0 Å². The fourth-order valence-electron chi connectivity index (χ4n) is 3.34. The molecule has 0 fully saturated rings. The summed E-state index contributed by atoms with van der Waals surface area (Å²) < 4.78 is 5.31. The number of hydrogen-bond donors (Lipinski definition) is 2. The van der Waals surface area contributed by atoms with Crippen molar-refractivity contribution in [1.29, 1.82) is 0 Å². The number of rotatable bonds is 7. The van der Waals surface area contributed by atoms with Gasteiger partial charge < -0.3 is 25.0 Å². The van der Waals surface area contributed by atoms with Crippen LogP contribution in [0.4, 0.5) is 23.1 Å². The highest BCUT2D eigenvalue weighted by atomic mass is 16.5. The number of hydrogen-bond acceptors (Lipinski definition) is 7. The fourth-order valence-corrected chi connectivity index (χ4v) is 3.34. The summed E-state index contributed by atoms with van der Waals surface area (Å²) in [7, 11) is 3.19. The van der Waals surface area contributed by atoms with Crippen molar-refractivity contribution in [3.8, 4) is 5.75 Å². The van der Waals surface area contributed by atoms with Gasteiger partial charge in [-0.3, -0.25) is 4.79 Å². The predicted octanol–water partition coefficient (Wildman–Crippen LogP) is 3.14. The second-order valence-electron chi connectivity index (χ2n) is 7.70. The SMILES string of the molecule is COc1cc(C(=O)O)ccc1Nc1ncc2c(n1)N(CCC(C)C)[C@H](C)C(=O)N2C. The zero-order valence-corrected chi connectivity index (χ0v) is 17.8. The first-order valence-electron chi connectivity index (χ1n) is 9.82. The first-order valence-corrected chi connectivity index (χ1v) is 9.82. The van der Waals surface area contributed by atoms with Gasteiger partial charge in [0, 0.05) is 13.6 Å². The van der Waals surface area contributed by atoms with Crippen LogP contribution in [0.25, 0.3) is 0 Å². The Morgan fingerprint density at radius 2 is 2.10 bits per heavy atom. The molecule has 1 aliphatic rings. The lowest BCUT2D eigenvalue weighted by atomic mass is 10.1. The van der Waals surface area contributed by atoms with Crippen molar-refractivity contribution in [2.24, 2.45) is 5.92 Å². The number of benzene rings is 1. The second kappa shape index (κ2) is 8.56. The van der Waals surface area contributed by atoms with Gasteiger partial charge in [-0.05, 0) is 37.5 Å². The number of amides is 1. The zero-order chi connectivity index (χ0) is 22.0. The standard InChI is InChI=1S/C21H27N5O4/c1-12(2)8-9-26-13(3)19(27)25(4)16-11-22-21(24-18(16)26)23-15-7-6-14(20(28)29)10-17(15)30-5/h6-7,10-13H,8-9H2,1-5H3,(H,28,29)(H,22,23,24)/t13-/m1/s1. The van der Waals surface area contributed by atoms with Gasteiger partial charge in [0.1, 0.15) is 17.5 Å². The molecule has 0 unspecified atom stereocenters. The average Bonchev–Trinajstić information content (AvgIpc) is 2.72. The number of nitrogens with zero attached hydrogens (tertiary/aromatic N) is 4. The second-order valence-corrected chi connectivity index (χ2v) is 7.70. The molecule has 1 aliphatic heterocycles. The van der Waals surface area contributed by atoms with Gasteiger partial charge in [0.2, 0.25) is 11.9 Å². The lowest BCUT2D eigenvalue weighted by molar-refractivity contribution is -0.119. The van der Waals surface area contributed by atoms with E-state index in [1.807, 2.05) is 11.8 Å². The summed E-state index contributed by atoms with van der Waals surface area (Å²) in [6.45, 7) is 6.87. The van der Waals surface area contributed by atoms with Crippen LogP contribution in [0.5, 0.6) is 5.75 Å².